The highest BCUT2D eigenvalue weighted by Gasteiger charge is 2.91. The molecule has 12 nitrogen and oxygen atoms in total. The molecule has 1 aromatic rings. The molecule has 7 fully saturated rings. The lowest BCUT2D eigenvalue weighted by Gasteiger charge is -2.70. The summed E-state index contributed by atoms with van der Waals surface area (Å²) in [5.74, 6) is -2.47. The first-order chi connectivity index (χ1) is 23.4. The van der Waals surface area contributed by atoms with Crippen LogP contribution in [-0.4, -0.2) is 123 Å². The lowest BCUT2D eigenvalue weighted by Crippen LogP contribution is -2.82. The number of para-hydroxylation sites is 1. The Morgan fingerprint density at radius 3 is 2.43 bits per heavy atom. The SMILES string of the molecule is CCN1C[C@@]2(COC(=O)c3ccccc3N3C(=O)C[C@H](C)C3=O)CC[C@@H](OC)[C@@]34C5C[C@@H]6[C@H](OC)[C@@H]5[C@@](O)(C[C@H]6OC)[C@@](O)([C@H](OC)[C@H]23)[C@@H]14. The van der Waals surface area contributed by atoms with Crippen LogP contribution in [0.2, 0.25) is 0 Å². The number of amides is 2. The van der Waals surface area contributed by atoms with Crippen LogP contribution in [0.3, 0.4) is 0 Å². The number of hydrogen-bond acceptors (Lipinski definition) is 11. The molecule has 14 atom stereocenters. The van der Waals surface area contributed by atoms with Crippen molar-refractivity contribution in [2.45, 2.75) is 87.6 Å². The smallest absolute Gasteiger partial charge is 0.340 e. The van der Waals surface area contributed by atoms with Gasteiger partial charge in [-0.25, -0.2) is 9.69 Å². The molecule has 12 heteroatoms. The van der Waals surface area contributed by atoms with Gasteiger partial charge in [-0.1, -0.05) is 26.0 Å². The third-order valence-electron chi connectivity index (χ3n) is 14.5. The van der Waals surface area contributed by atoms with Gasteiger partial charge < -0.3 is 33.9 Å². The molecule has 49 heavy (non-hydrogen) atoms. The molecule has 7 aliphatic rings. The second-order valence-corrected chi connectivity index (χ2v) is 16.0. The van der Waals surface area contributed by atoms with Gasteiger partial charge in [0, 0.05) is 82.3 Å². The number of ether oxygens (including phenoxy) is 5. The van der Waals surface area contributed by atoms with Crippen LogP contribution in [0.15, 0.2) is 24.3 Å². The van der Waals surface area contributed by atoms with Gasteiger partial charge in [0.1, 0.15) is 11.2 Å². The molecule has 0 aromatic heterocycles. The van der Waals surface area contributed by atoms with Gasteiger partial charge in [0.05, 0.1) is 48.3 Å². The van der Waals surface area contributed by atoms with E-state index in [4.69, 9.17) is 23.7 Å². The second kappa shape index (κ2) is 11.3. The molecule has 8 rings (SSSR count). The topological polar surface area (TPSA) is 144 Å². The number of piperidine rings is 1. The van der Waals surface area contributed by atoms with Crippen LogP contribution in [0.4, 0.5) is 5.69 Å². The number of imide groups is 1. The lowest BCUT2D eigenvalue weighted by molar-refractivity contribution is -0.320. The first-order valence-corrected chi connectivity index (χ1v) is 17.9. The average molecular weight is 683 g/mol. The molecule has 7 bridgehead atoms. The fourth-order valence-corrected chi connectivity index (χ4v) is 13.2. The van der Waals surface area contributed by atoms with Crippen molar-refractivity contribution in [2.24, 2.45) is 40.4 Å². The predicted octanol–water partition coefficient (Wildman–Crippen LogP) is 2.04. The summed E-state index contributed by atoms with van der Waals surface area (Å²) in [5, 5.41) is 26.6. The Labute approximate surface area is 287 Å². The molecule has 1 aromatic carbocycles. The van der Waals surface area contributed by atoms with Crippen molar-refractivity contribution >= 4 is 23.5 Å². The maximum atomic E-state index is 14.1. The summed E-state index contributed by atoms with van der Waals surface area (Å²) in [6, 6.07) is 6.12. The summed E-state index contributed by atoms with van der Waals surface area (Å²) in [4.78, 5) is 43.3. The number of likely N-dealkylation sites (tertiary alicyclic amines) is 1. The number of carbonyl (C=O) groups excluding carboxylic acids is 3. The van der Waals surface area contributed by atoms with Gasteiger partial charge >= 0.3 is 5.97 Å². The molecule has 2 N–H and O–H groups in total. The van der Waals surface area contributed by atoms with E-state index in [-0.39, 0.29) is 84.5 Å². The average Bonchev–Trinajstić information content (AvgIpc) is 3.63. The number of aliphatic hydroxyl groups is 2. The van der Waals surface area contributed by atoms with E-state index in [1.54, 1.807) is 59.6 Å². The molecule has 2 amide bonds. The number of nitrogens with zero attached hydrogens (tertiary/aromatic N) is 2. The van der Waals surface area contributed by atoms with E-state index in [1.165, 1.54) is 0 Å². The van der Waals surface area contributed by atoms with Crippen LogP contribution in [0, 0.1) is 40.4 Å². The molecular formula is C37H50N2O10. The van der Waals surface area contributed by atoms with Crippen molar-refractivity contribution in [1.29, 1.82) is 0 Å². The van der Waals surface area contributed by atoms with E-state index in [0.29, 0.717) is 25.9 Å². The van der Waals surface area contributed by atoms with Crippen LogP contribution < -0.4 is 4.90 Å². The van der Waals surface area contributed by atoms with Gasteiger partial charge in [-0.15, -0.1) is 0 Å². The number of benzene rings is 1. The van der Waals surface area contributed by atoms with Crippen molar-refractivity contribution < 1.29 is 48.3 Å². The van der Waals surface area contributed by atoms with Gasteiger partial charge in [-0.2, -0.15) is 0 Å². The Morgan fingerprint density at radius 1 is 1.04 bits per heavy atom. The number of carbonyl (C=O) groups is 3. The van der Waals surface area contributed by atoms with Crippen molar-refractivity contribution in [3.8, 4) is 0 Å². The van der Waals surface area contributed by atoms with Gasteiger partial charge in [-0.3, -0.25) is 14.5 Å². The molecule has 1 spiro atoms. The lowest BCUT2D eigenvalue weighted by atomic mass is 9.42. The Balaban J connectivity index is 1.23. The minimum atomic E-state index is -1.70. The molecule has 1 unspecified atom stereocenters. The van der Waals surface area contributed by atoms with E-state index in [9.17, 15) is 24.6 Å². The van der Waals surface area contributed by atoms with Gasteiger partial charge in [0.25, 0.3) is 0 Å². The fraction of sp³-hybridized carbons (Fsp3) is 0.757. The molecule has 5 aliphatic carbocycles. The predicted molar refractivity (Wildman–Crippen MR) is 174 cm³/mol. The largest absolute Gasteiger partial charge is 0.461 e. The van der Waals surface area contributed by atoms with E-state index in [0.717, 1.165) is 11.3 Å². The summed E-state index contributed by atoms with van der Waals surface area (Å²) in [5.41, 5.74) is -4.17. The fourth-order valence-electron chi connectivity index (χ4n) is 13.2. The Bertz CT molecular complexity index is 1560. The van der Waals surface area contributed by atoms with Crippen LogP contribution >= 0.6 is 0 Å². The number of anilines is 1. The summed E-state index contributed by atoms with van der Waals surface area (Å²) >= 11 is 0. The van der Waals surface area contributed by atoms with Gasteiger partial charge in [-0.05, 0) is 43.9 Å². The summed E-state index contributed by atoms with van der Waals surface area (Å²) < 4.78 is 31.4. The number of hydrogen-bond donors (Lipinski definition) is 2. The maximum Gasteiger partial charge on any atom is 0.340 e. The van der Waals surface area contributed by atoms with Gasteiger partial charge in [0.2, 0.25) is 11.8 Å². The molecule has 5 saturated carbocycles. The summed E-state index contributed by atoms with van der Waals surface area (Å²) in [6.07, 6.45) is 0.813. The summed E-state index contributed by atoms with van der Waals surface area (Å²) in [6.45, 7) is 4.95. The van der Waals surface area contributed by atoms with E-state index >= 15 is 0 Å². The molecule has 0 radical (unpaired) electrons. The van der Waals surface area contributed by atoms with Crippen LogP contribution in [0.1, 0.15) is 56.3 Å². The zero-order valence-electron chi connectivity index (χ0n) is 29.3. The molecule has 2 heterocycles. The number of likely N-dealkylation sites (N-methyl/N-ethyl adjacent to an activating group) is 1. The number of fused-ring (bicyclic) bond motifs is 2. The van der Waals surface area contributed by atoms with E-state index in [2.05, 4.69) is 11.8 Å². The van der Waals surface area contributed by atoms with Crippen LogP contribution in [0.5, 0.6) is 0 Å². The third-order valence-corrected chi connectivity index (χ3v) is 14.5. The molecule has 2 saturated heterocycles. The Kier molecular flexibility index (Phi) is 7.75. The van der Waals surface area contributed by atoms with Crippen molar-refractivity contribution in [3.63, 3.8) is 0 Å². The first kappa shape index (κ1) is 33.7. The standard InChI is InChI=1S/C37H50N2O10/c1-7-38-17-34(18-49-32(42)20-10-8-9-11-23(20)39-26(40)14-19(2)31(39)41)13-12-25(46-4)36-22-15-21-24(45-3)16-35(43,27(22)28(21)47-5)37(44,33(36)38)30(48-6)29(34)36/h8-11,19,21-22,24-25,27-30,33,43-44H,7,12-18H2,1-6H3/t19-,21-,22?,24+,25+,27+,28-,29+,30+,33-,34+,35-,36-,37+/m0/s1. The zero-order chi connectivity index (χ0) is 34.8. The normalized spacial score (nSPS) is 48.0. The first-order valence-electron chi connectivity index (χ1n) is 17.9. The van der Waals surface area contributed by atoms with Crippen molar-refractivity contribution in [3.05, 3.63) is 29.8 Å². The molecule has 268 valence electrons. The molecular weight excluding hydrogens is 632 g/mol. The number of rotatable bonds is 9. The highest BCUT2D eigenvalue weighted by atomic mass is 16.5. The van der Waals surface area contributed by atoms with Crippen LogP contribution in [0.25, 0.3) is 0 Å². The van der Waals surface area contributed by atoms with Crippen molar-refractivity contribution in [2.75, 3.05) is 53.0 Å². The molecule has 2 aliphatic heterocycles. The van der Waals surface area contributed by atoms with E-state index < -0.39 is 46.1 Å². The minimum Gasteiger partial charge on any atom is -0.461 e. The number of esters is 1. The second-order valence-electron chi connectivity index (χ2n) is 16.0. The quantitative estimate of drug-likeness (QED) is 0.292. The Morgan fingerprint density at radius 2 is 1.80 bits per heavy atom. The van der Waals surface area contributed by atoms with Crippen molar-refractivity contribution in [1.82, 2.24) is 4.90 Å². The zero-order valence-corrected chi connectivity index (χ0v) is 29.3. The third kappa shape index (κ3) is 3.86. The van der Waals surface area contributed by atoms with Gasteiger partial charge in [0.15, 0.2) is 0 Å². The maximum absolute atomic E-state index is 14.1. The minimum absolute atomic E-state index is 0.0358. The summed E-state index contributed by atoms with van der Waals surface area (Å²) in [7, 11) is 6.70. The number of methoxy groups -OCH3 is 4. The highest BCUT2D eigenvalue weighted by Crippen LogP contribution is 2.80. The Hall–Kier alpha value is -2.45. The van der Waals surface area contributed by atoms with E-state index in [1.807, 2.05) is 0 Å². The highest BCUT2D eigenvalue weighted by molar-refractivity contribution is 6.22. The van der Waals surface area contributed by atoms with Crippen LogP contribution in [-0.2, 0) is 33.3 Å². The monoisotopic (exact) mass is 682 g/mol.